The zero-order chi connectivity index (χ0) is 17.2. The van der Waals surface area contributed by atoms with Gasteiger partial charge in [-0.3, -0.25) is 14.5 Å². The number of carbonyl (C=O) groups excluding carboxylic acids is 2. The molecule has 1 amide bonds. The van der Waals surface area contributed by atoms with Crippen LogP contribution in [0.5, 0.6) is 0 Å². The second-order valence-electron chi connectivity index (χ2n) is 5.52. The number of benzene rings is 2. The summed E-state index contributed by atoms with van der Waals surface area (Å²) in [6.45, 7) is 0.0633. The fourth-order valence-electron chi connectivity index (χ4n) is 2.67. The molecule has 0 aliphatic carbocycles. The highest BCUT2D eigenvalue weighted by atomic mass is 16.4. The van der Waals surface area contributed by atoms with E-state index in [4.69, 9.17) is 4.42 Å². The second kappa shape index (κ2) is 6.16. The summed E-state index contributed by atoms with van der Waals surface area (Å²) in [7, 11) is 0. The van der Waals surface area contributed by atoms with Crippen molar-refractivity contribution in [2.24, 2.45) is 0 Å². The third kappa shape index (κ3) is 2.85. The van der Waals surface area contributed by atoms with E-state index in [-0.39, 0.29) is 12.4 Å². The predicted molar refractivity (Wildman–Crippen MR) is 91.6 cm³/mol. The van der Waals surface area contributed by atoms with Gasteiger partial charge >= 0.3 is 0 Å². The Morgan fingerprint density at radius 2 is 1.68 bits per heavy atom. The molecule has 0 unspecified atom stereocenters. The Morgan fingerprint density at radius 1 is 0.920 bits per heavy atom. The van der Waals surface area contributed by atoms with Gasteiger partial charge in [0.1, 0.15) is 6.54 Å². The monoisotopic (exact) mass is 331 g/mol. The average Bonchev–Trinajstić information content (AvgIpc) is 3.20. The number of Topliss-reactive ketones (excluding diaryl/α,β-unsaturated/α-hetero) is 1. The first-order chi connectivity index (χ1) is 12.2. The summed E-state index contributed by atoms with van der Waals surface area (Å²) in [4.78, 5) is 25.5. The van der Waals surface area contributed by atoms with Crippen LogP contribution in [0.25, 0.3) is 12.2 Å². The summed E-state index contributed by atoms with van der Waals surface area (Å²) in [6.07, 6.45) is 3.56. The van der Waals surface area contributed by atoms with Crippen molar-refractivity contribution in [2.45, 2.75) is 6.54 Å². The van der Waals surface area contributed by atoms with E-state index in [1.165, 1.54) is 4.90 Å². The molecule has 25 heavy (non-hydrogen) atoms. The number of hydrogen-bond acceptors (Lipinski definition) is 5. The predicted octanol–water partition coefficient (Wildman–Crippen LogP) is 2.97. The highest BCUT2D eigenvalue weighted by Gasteiger charge is 2.36. The number of fused-ring (bicyclic) bond motifs is 1. The topological polar surface area (TPSA) is 76.3 Å². The zero-order valence-electron chi connectivity index (χ0n) is 13.1. The van der Waals surface area contributed by atoms with Crippen LogP contribution in [0.2, 0.25) is 0 Å². The van der Waals surface area contributed by atoms with Gasteiger partial charge in [-0.15, -0.1) is 10.2 Å². The van der Waals surface area contributed by atoms with Gasteiger partial charge in [0.2, 0.25) is 11.8 Å². The van der Waals surface area contributed by atoms with Crippen molar-refractivity contribution in [3.05, 3.63) is 77.5 Å². The van der Waals surface area contributed by atoms with Crippen molar-refractivity contribution in [1.82, 2.24) is 10.2 Å². The van der Waals surface area contributed by atoms with E-state index < -0.39 is 11.7 Å². The van der Waals surface area contributed by atoms with Gasteiger partial charge in [-0.2, -0.15) is 0 Å². The quantitative estimate of drug-likeness (QED) is 0.687. The standard InChI is InChI=1S/C19H13N3O3/c23-18-14-8-4-5-9-15(14)22(19(18)24)12-17-21-20-16(25-17)11-10-13-6-2-1-3-7-13/h1-11H,12H2. The molecule has 0 saturated carbocycles. The van der Waals surface area contributed by atoms with Crippen molar-refractivity contribution in [3.63, 3.8) is 0 Å². The number of amides is 1. The van der Waals surface area contributed by atoms with Gasteiger partial charge in [-0.25, -0.2) is 0 Å². The lowest BCUT2D eigenvalue weighted by atomic mass is 10.1. The number of ketones is 1. The van der Waals surface area contributed by atoms with Gasteiger partial charge in [0.05, 0.1) is 11.3 Å². The van der Waals surface area contributed by atoms with Gasteiger partial charge in [0.15, 0.2) is 0 Å². The molecule has 1 aliphatic heterocycles. The molecule has 0 saturated heterocycles. The highest BCUT2D eigenvalue weighted by Crippen LogP contribution is 2.29. The molecule has 0 fully saturated rings. The van der Waals surface area contributed by atoms with Crippen LogP contribution in [0.1, 0.15) is 27.7 Å². The minimum absolute atomic E-state index is 0.0633. The lowest BCUT2D eigenvalue weighted by molar-refractivity contribution is -0.114. The average molecular weight is 331 g/mol. The van der Waals surface area contributed by atoms with E-state index >= 15 is 0 Å². The second-order valence-corrected chi connectivity index (χ2v) is 5.52. The highest BCUT2D eigenvalue weighted by molar-refractivity contribution is 6.52. The molecule has 1 aliphatic rings. The van der Waals surface area contributed by atoms with Gasteiger partial charge in [-0.05, 0) is 23.8 Å². The minimum Gasteiger partial charge on any atom is -0.419 e. The Kier molecular flexibility index (Phi) is 3.70. The number of aromatic nitrogens is 2. The lowest BCUT2D eigenvalue weighted by Gasteiger charge is -2.13. The van der Waals surface area contributed by atoms with E-state index in [9.17, 15) is 9.59 Å². The van der Waals surface area contributed by atoms with Crippen LogP contribution in [0, 0.1) is 0 Å². The van der Waals surface area contributed by atoms with E-state index in [2.05, 4.69) is 10.2 Å². The molecule has 3 aromatic rings. The number of para-hydroxylation sites is 1. The Morgan fingerprint density at radius 3 is 2.52 bits per heavy atom. The lowest BCUT2D eigenvalue weighted by Crippen LogP contribution is -2.29. The molecule has 4 rings (SSSR count). The Balaban J connectivity index is 1.53. The van der Waals surface area contributed by atoms with Crippen LogP contribution in [0.4, 0.5) is 5.69 Å². The molecule has 0 bridgehead atoms. The number of carbonyl (C=O) groups is 2. The molecule has 2 heterocycles. The third-order valence-corrected chi connectivity index (χ3v) is 3.87. The van der Waals surface area contributed by atoms with Crippen molar-refractivity contribution < 1.29 is 14.0 Å². The van der Waals surface area contributed by atoms with Crippen molar-refractivity contribution in [2.75, 3.05) is 4.90 Å². The summed E-state index contributed by atoms with van der Waals surface area (Å²) in [5, 5.41) is 7.90. The van der Waals surface area contributed by atoms with Gasteiger partial charge in [0.25, 0.3) is 11.7 Å². The maximum Gasteiger partial charge on any atom is 0.299 e. The van der Waals surface area contributed by atoms with E-state index in [1.807, 2.05) is 36.4 Å². The number of hydrogen-bond donors (Lipinski definition) is 0. The first kappa shape index (κ1) is 15.0. The molecule has 122 valence electrons. The van der Waals surface area contributed by atoms with Crippen LogP contribution in [-0.2, 0) is 11.3 Å². The zero-order valence-corrected chi connectivity index (χ0v) is 13.1. The summed E-state index contributed by atoms with van der Waals surface area (Å²) < 4.78 is 5.55. The Hall–Kier alpha value is -3.54. The maximum atomic E-state index is 12.2. The number of nitrogens with zero attached hydrogens (tertiary/aromatic N) is 3. The summed E-state index contributed by atoms with van der Waals surface area (Å²) in [5.41, 5.74) is 1.98. The number of rotatable bonds is 4. The van der Waals surface area contributed by atoms with Gasteiger partial charge in [-0.1, -0.05) is 42.5 Å². The Labute approximate surface area is 143 Å². The molecule has 0 spiro atoms. The fourth-order valence-corrected chi connectivity index (χ4v) is 2.67. The van der Waals surface area contributed by atoms with E-state index in [0.717, 1.165) is 5.56 Å². The first-order valence-electron chi connectivity index (χ1n) is 7.73. The Bertz CT molecular complexity index is 976. The molecule has 2 aromatic carbocycles. The molecular weight excluding hydrogens is 318 g/mol. The molecule has 6 nitrogen and oxygen atoms in total. The van der Waals surface area contributed by atoms with E-state index in [1.54, 1.807) is 30.3 Å². The maximum absolute atomic E-state index is 12.2. The summed E-state index contributed by atoms with van der Waals surface area (Å²) >= 11 is 0. The van der Waals surface area contributed by atoms with Crippen LogP contribution >= 0.6 is 0 Å². The molecule has 0 N–H and O–H groups in total. The smallest absolute Gasteiger partial charge is 0.299 e. The van der Waals surface area contributed by atoms with Crippen LogP contribution in [0.15, 0.2) is 59.0 Å². The van der Waals surface area contributed by atoms with Crippen LogP contribution in [0.3, 0.4) is 0 Å². The molecular formula is C19H13N3O3. The SMILES string of the molecule is O=C1C(=O)N(Cc2nnc(C=Cc3ccccc3)o2)c2ccccc21. The molecule has 0 atom stereocenters. The van der Waals surface area contributed by atoms with Crippen molar-refractivity contribution >= 4 is 29.5 Å². The van der Waals surface area contributed by atoms with E-state index in [0.29, 0.717) is 17.1 Å². The molecule has 0 radical (unpaired) electrons. The van der Waals surface area contributed by atoms with Crippen molar-refractivity contribution in [3.8, 4) is 0 Å². The first-order valence-corrected chi connectivity index (χ1v) is 7.73. The van der Waals surface area contributed by atoms with Gasteiger partial charge < -0.3 is 4.42 Å². The third-order valence-electron chi connectivity index (χ3n) is 3.87. The summed E-state index contributed by atoms with van der Waals surface area (Å²) in [6, 6.07) is 16.6. The fraction of sp³-hybridized carbons (Fsp3) is 0.0526. The molecule has 1 aromatic heterocycles. The molecule has 6 heteroatoms. The largest absolute Gasteiger partial charge is 0.419 e. The minimum atomic E-state index is -0.583. The number of anilines is 1. The van der Waals surface area contributed by atoms with Crippen LogP contribution in [-0.4, -0.2) is 21.9 Å². The normalized spacial score (nSPS) is 13.7. The van der Waals surface area contributed by atoms with Crippen molar-refractivity contribution in [1.29, 1.82) is 0 Å². The van der Waals surface area contributed by atoms with Crippen LogP contribution < -0.4 is 4.90 Å². The van der Waals surface area contributed by atoms with Gasteiger partial charge in [0, 0.05) is 6.08 Å². The summed E-state index contributed by atoms with van der Waals surface area (Å²) in [5.74, 6) is -0.490.